The molecule has 98 valence electrons. The quantitative estimate of drug-likeness (QED) is 0.440. The number of hydrogen-bond acceptors (Lipinski definition) is 4. The zero-order valence-electron chi connectivity index (χ0n) is 10.1. The molecule has 1 heterocycles. The highest BCUT2D eigenvalue weighted by atomic mass is 35.5. The van der Waals surface area contributed by atoms with E-state index in [0.717, 1.165) is 5.56 Å². The van der Waals surface area contributed by atoms with Crippen molar-refractivity contribution in [3.63, 3.8) is 0 Å². The van der Waals surface area contributed by atoms with Crippen LogP contribution in [0, 0.1) is 0 Å². The fraction of sp³-hybridized carbons (Fsp3) is 0.273. The normalized spacial score (nSPS) is 11.1. The summed E-state index contributed by atoms with van der Waals surface area (Å²) in [5, 5.41) is 4.58. The molecule has 2 N–H and O–H groups in total. The van der Waals surface area contributed by atoms with Crippen molar-refractivity contribution in [1.29, 1.82) is 0 Å². The molecule has 0 atom stereocenters. The van der Waals surface area contributed by atoms with Gasteiger partial charge in [-0.2, -0.15) is 10.8 Å². The second-order valence-corrected chi connectivity index (χ2v) is 4.89. The molecule has 0 aliphatic rings. The summed E-state index contributed by atoms with van der Waals surface area (Å²) >= 11 is 5.81. The molecule has 5 nitrogen and oxygen atoms in total. The Balaban J connectivity index is 0.00000162. The van der Waals surface area contributed by atoms with Gasteiger partial charge in [0.25, 0.3) is 5.89 Å². The zero-order valence-corrected chi connectivity index (χ0v) is 11.6. The fourth-order valence-corrected chi connectivity index (χ4v) is 1.51. The second-order valence-electron chi connectivity index (χ2n) is 4.46. The van der Waals surface area contributed by atoms with Crippen LogP contribution in [0.25, 0.3) is 11.4 Å². The molecule has 0 unspecified atom stereocenters. The maximum Gasteiger partial charge on any atom is 0.284 e. The molecular formula is C11H14Cl2N4O. The van der Waals surface area contributed by atoms with Crippen molar-refractivity contribution in [2.24, 2.45) is 5.84 Å². The molecule has 7 heteroatoms. The van der Waals surface area contributed by atoms with Gasteiger partial charge in [-0.15, -0.1) is 0 Å². The molecule has 1 aromatic carbocycles. The molecule has 0 aliphatic carbocycles. The third-order valence-corrected chi connectivity index (χ3v) is 2.37. The van der Waals surface area contributed by atoms with Gasteiger partial charge >= 0.3 is 0 Å². The summed E-state index contributed by atoms with van der Waals surface area (Å²) in [5.74, 6) is 6.89. The highest BCUT2D eigenvalue weighted by Gasteiger charge is 2.16. The molecule has 2 aromatic rings. The van der Waals surface area contributed by atoms with Crippen molar-refractivity contribution >= 4 is 11.6 Å². The van der Waals surface area contributed by atoms with Gasteiger partial charge < -0.3 is 16.9 Å². The summed E-state index contributed by atoms with van der Waals surface area (Å²) in [4.78, 5) is 4.28. The molecule has 0 fully saturated rings. The Morgan fingerprint density at radius 1 is 1.28 bits per heavy atom. The Bertz CT molecular complexity index is 505. The van der Waals surface area contributed by atoms with Crippen molar-refractivity contribution < 1.29 is 21.5 Å². The molecule has 0 radical (unpaired) electrons. The van der Waals surface area contributed by atoms with Gasteiger partial charge in [0.2, 0.25) is 5.82 Å². The van der Waals surface area contributed by atoms with E-state index in [1.807, 2.05) is 26.2 Å². The monoisotopic (exact) mass is 288 g/mol. The van der Waals surface area contributed by atoms with E-state index in [9.17, 15) is 0 Å². The number of quaternary nitrogens is 1. The van der Waals surface area contributed by atoms with Crippen LogP contribution in [-0.4, -0.2) is 28.8 Å². The smallest absolute Gasteiger partial charge is 0.284 e. The SMILES string of the molecule is C[N+](C)(N)Cc1nc(-c2ccc(Cl)cc2)no1.[Cl-]. The van der Waals surface area contributed by atoms with Crippen LogP contribution in [-0.2, 0) is 6.54 Å². The van der Waals surface area contributed by atoms with Crippen LogP contribution >= 0.6 is 11.6 Å². The average molecular weight is 289 g/mol. The number of aromatic nitrogens is 2. The summed E-state index contributed by atoms with van der Waals surface area (Å²) in [6.45, 7) is 0.487. The highest BCUT2D eigenvalue weighted by molar-refractivity contribution is 6.30. The molecule has 1 aromatic heterocycles. The van der Waals surface area contributed by atoms with Gasteiger partial charge in [0, 0.05) is 10.6 Å². The Morgan fingerprint density at radius 2 is 1.89 bits per heavy atom. The highest BCUT2D eigenvalue weighted by Crippen LogP contribution is 2.19. The largest absolute Gasteiger partial charge is 1.00 e. The van der Waals surface area contributed by atoms with Crippen LogP contribution in [0.1, 0.15) is 5.89 Å². The lowest BCUT2D eigenvalue weighted by Crippen LogP contribution is -3.00. The predicted molar refractivity (Wildman–Crippen MR) is 64.7 cm³/mol. The summed E-state index contributed by atoms with van der Waals surface area (Å²) < 4.78 is 5.39. The Hall–Kier alpha value is -1.14. The van der Waals surface area contributed by atoms with Crippen LogP contribution in [0.15, 0.2) is 28.8 Å². The van der Waals surface area contributed by atoms with E-state index in [2.05, 4.69) is 10.1 Å². The lowest BCUT2D eigenvalue weighted by Gasteiger charge is -2.19. The van der Waals surface area contributed by atoms with Crippen LogP contribution in [0.4, 0.5) is 0 Å². The van der Waals surface area contributed by atoms with E-state index < -0.39 is 0 Å². The molecule has 0 bridgehead atoms. The van der Waals surface area contributed by atoms with Crippen LogP contribution in [0.2, 0.25) is 5.02 Å². The number of halogens is 2. The Kier molecular flexibility index (Phi) is 4.70. The van der Waals surface area contributed by atoms with Crippen LogP contribution < -0.4 is 18.2 Å². The minimum Gasteiger partial charge on any atom is -1.00 e. The third-order valence-electron chi connectivity index (χ3n) is 2.11. The number of rotatable bonds is 3. The van der Waals surface area contributed by atoms with Crippen molar-refractivity contribution in [2.75, 3.05) is 14.1 Å². The van der Waals surface area contributed by atoms with Crippen molar-refractivity contribution in [1.82, 2.24) is 10.1 Å². The molecule has 18 heavy (non-hydrogen) atoms. The summed E-state index contributed by atoms with van der Waals surface area (Å²) in [7, 11) is 3.71. The van der Waals surface area contributed by atoms with Gasteiger partial charge in [-0.05, 0) is 24.3 Å². The maximum absolute atomic E-state index is 5.83. The van der Waals surface area contributed by atoms with E-state index in [4.69, 9.17) is 22.0 Å². The minimum atomic E-state index is 0. The zero-order chi connectivity index (χ0) is 12.5. The molecule has 0 aliphatic heterocycles. The van der Waals surface area contributed by atoms with Crippen molar-refractivity contribution in [3.05, 3.63) is 35.2 Å². The molecule has 0 saturated carbocycles. The van der Waals surface area contributed by atoms with Gasteiger partial charge in [0.15, 0.2) is 6.54 Å². The molecule has 0 spiro atoms. The van der Waals surface area contributed by atoms with E-state index in [0.29, 0.717) is 23.3 Å². The van der Waals surface area contributed by atoms with Crippen molar-refractivity contribution in [3.8, 4) is 11.4 Å². The number of nitrogens with zero attached hydrogens (tertiary/aromatic N) is 3. The Morgan fingerprint density at radius 3 is 2.44 bits per heavy atom. The number of benzene rings is 1. The van der Waals surface area contributed by atoms with Gasteiger partial charge in [0.05, 0.1) is 14.1 Å². The average Bonchev–Trinajstić information content (AvgIpc) is 2.64. The summed E-state index contributed by atoms with van der Waals surface area (Å²) in [6.07, 6.45) is 0. The molecule has 2 rings (SSSR count). The Labute approximate surface area is 117 Å². The minimum absolute atomic E-state index is 0. The standard InChI is InChI=1S/C11H14ClN4O.ClH/c1-16(2,13)7-10-14-11(15-17-10)8-3-5-9(12)6-4-8;/h3-6H,7,13H2,1-2H3;1H/q+1;/p-1. The first-order valence-corrected chi connectivity index (χ1v) is 5.52. The van der Waals surface area contributed by atoms with E-state index in [-0.39, 0.29) is 17.0 Å². The van der Waals surface area contributed by atoms with Gasteiger partial charge in [0.1, 0.15) is 0 Å². The van der Waals surface area contributed by atoms with Crippen molar-refractivity contribution in [2.45, 2.75) is 6.54 Å². The summed E-state index contributed by atoms with van der Waals surface area (Å²) in [5.41, 5.74) is 0.867. The predicted octanol–water partition coefficient (Wildman–Crippen LogP) is -1.16. The second kappa shape index (κ2) is 5.67. The lowest BCUT2D eigenvalue weighted by molar-refractivity contribution is -0.916. The first kappa shape index (κ1) is 14.9. The third kappa shape index (κ3) is 3.96. The first-order chi connectivity index (χ1) is 7.94. The van der Waals surface area contributed by atoms with Crippen LogP contribution in [0.3, 0.4) is 0 Å². The lowest BCUT2D eigenvalue weighted by atomic mass is 10.2. The van der Waals surface area contributed by atoms with E-state index in [1.165, 1.54) is 0 Å². The summed E-state index contributed by atoms with van der Waals surface area (Å²) in [6, 6.07) is 7.27. The molecule has 0 saturated heterocycles. The van der Waals surface area contributed by atoms with E-state index in [1.54, 1.807) is 12.1 Å². The number of hydrogen-bond donors (Lipinski definition) is 1. The fourth-order valence-electron chi connectivity index (χ4n) is 1.38. The van der Waals surface area contributed by atoms with Crippen LogP contribution in [0.5, 0.6) is 0 Å². The molecular weight excluding hydrogens is 275 g/mol. The van der Waals surface area contributed by atoms with E-state index >= 15 is 0 Å². The van der Waals surface area contributed by atoms with Gasteiger partial charge in [-0.1, -0.05) is 16.8 Å². The first-order valence-electron chi connectivity index (χ1n) is 5.14. The van der Waals surface area contributed by atoms with Gasteiger partial charge in [-0.25, -0.2) is 4.59 Å². The number of nitrogens with two attached hydrogens (primary N) is 1. The molecule has 0 amide bonds. The van der Waals surface area contributed by atoms with Gasteiger partial charge in [-0.3, -0.25) is 0 Å². The topological polar surface area (TPSA) is 64.9 Å². The maximum atomic E-state index is 5.83.